The third kappa shape index (κ3) is 4.96. The summed E-state index contributed by atoms with van der Waals surface area (Å²) in [4.78, 5) is 15.5. The van der Waals surface area contributed by atoms with Crippen LogP contribution < -0.4 is 5.32 Å². The number of nitrogens with zero attached hydrogens (tertiary/aromatic N) is 1. The third-order valence-corrected chi connectivity index (χ3v) is 5.63. The molecule has 1 atom stereocenters. The van der Waals surface area contributed by atoms with E-state index in [1.54, 1.807) is 0 Å². The number of nitrogens with one attached hydrogen (secondary N) is 1. The van der Waals surface area contributed by atoms with Crippen molar-refractivity contribution in [2.45, 2.75) is 19.5 Å². The molecule has 0 bridgehead atoms. The molecule has 3 aromatic carbocycles. The van der Waals surface area contributed by atoms with Gasteiger partial charge in [-0.05, 0) is 41.3 Å². The van der Waals surface area contributed by atoms with Crippen LogP contribution in [0.1, 0.15) is 38.7 Å². The molecule has 1 heterocycles. The first-order valence-corrected chi connectivity index (χ1v) is 10.5. The van der Waals surface area contributed by atoms with E-state index in [-0.39, 0.29) is 11.9 Å². The van der Waals surface area contributed by atoms with Crippen LogP contribution in [0, 0.1) is 6.92 Å². The Morgan fingerprint density at radius 3 is 2.30 bits per heavy atom. The number of hydrogen-bond acceptors (Lipinski definition) is 3. The van der Waals surface area contributed by atoms with E-state index in [0.29, 0.717) is 5.56 Å². The van der Waals surface area contributed by atoms with Gasteiger partial charge in [0, 0.05) is 25.2 Å². The number of rotatable bonds is 6. The highest BCUT2D eigenvalue weighted by atomic mass is 16.5. The highest BCUT2D eigenvalue weighted by Gasteiger charge is 2.19. The van der Waals surface area contributed by atoms with Gasteiger partial charge >= 0.3 is 0 Å². The molecule has 1 amide bonds. The van der Waals surface area contributed by atoms with Crippen molar-refractivity contribution in [2.75, 3.05) is 26.3 Å². The molecule has 30 heavy (non-hydrogen) atoms. The zero-order chi connectivity index (χ0) is 20.8. The van der Waals surface area contributed by atoms with E-state index in [0.717, 1.165) is 49.5 Å². The molecule has 1 N–H and O–H groups in total. The molecule has 154 valence electrons. The van der Waals surface area contributed by atoms with Gasteiger partial charge in [0.2, 0.25) is 0 Å². The fourth-order valence-corrected chi connectivity index (χ4v) is 3.89. The summed E-state index contributed by atoms with van der Waals surface area (Å²) in [6, 6.07) is 26.1. The predicted molar refractivity (Wildman–Crippen MR) is 119 cm³/mol. The van der Waals surface area contributed by atoms with Crippen LogP contribution in [-0.4, -0.2) is 37.1 Å². The maximum absolute atomic E-state index is 13.1. The number of amides is 1. The summed E-state index contributed by atoms with van der Waals surface area (Å²) in [6.07, 6.45) is 0. The van der Waals surface area contributed by atoms with Gasteiger partial charge in [0.25, 0.3) is 5.91 Å². The number of carbonyl (C=O) groups is 1. The van der Waals surface area contributed by atoms with Crippen LogP contribution in [0.5, 0.6) is 0 Å². The van der Waals surface area contributed by atoms with Gasteiger partial charge in [-0.1, -0.05) is 66.7 Å². The van der Waals surface area contributed by atoms with E-state index in [1.807, 2.05) is 42.5 Å². The van der Waals surface area contributed by atoms with Crippen LogP contribution in [0.25, 0.3) is 0 Å². The van der Waals surface area contributed by atoms with E-state index < -0.39 is 0 Å². The molecular formula is C26H28N2O2. The van der Waals surface area contributed by atoms with Crippen LogP contribution in [0.15, 0.2) is 78.9 Å². The number of ether oxygens (including phenoxy) is 1. The Morgan fingerprint density at radius 2 is 1.60 bits per heavy atom. The van der Waals surface area contributed by atoms with Crippen molar-refractivity contribution < 1.29 is 9.53 Å². The minimum Gasteiger partial charge on any atom is -0.379 e. The van der Waals surface area contributed by atoms with Crippen LogP contribution in [-0.2, 0) is 11.3 Å². The van der Waals surface area contributed by atoms with Gasteiger partial charge < -0.3 is 10.1 Å². The summed E-state index contributed by atoms with van der Waals surface area (Å²) in [5, 5.41) is 3.24. The molecule has 1 fully saturated rings. The maximum atomic E-state index is 13.1. The van der Waals surface area contributed by atoms with Gasteiger partial charge in [0.15, 0.2) is 0 Å². The van der Waals surface area contributed by atoms with Crippen molar-refractivity contribution in [3.8, 4) is 0 Å². The molecule has 0 aliphatic carbocycles. The molecule has 3 aromatic rings. The molecule has 4 heteroatoms. The van der Waals surface area contributed by atoms with E-state index in [9.17, 15) is 4.79 Å². The van der Waals surface area contributed by atoms with Gasteiger partial charge in [-0.25, -0.2) is 0 Å². The highest BCUT2D eigenvalue weighted by Crippen LogP contribution is 2.25. The lowest BCUT2D eigenvalue weighted by atomic mass is 9.94. The lowest BCUT2D eigenvalue weighted by Gasteiger charge is -2.26. The summed E-state index contributed by atoms with van der Waals surface area (Å²) in [5.41, 5.74) is 5.24. The van der Waals surface area contributed by atoms with Gasteiger partial charge in [-0.2, -0.15) is 0 Å². The molecule has 0 aromatic heterocycles. The van der Waals surface area contributed by atoms with Crippen LogP contribution >= 0.6 is 0 Å². The summed E-state index contributed by atoms with van der Waals surface area (Å²) in [5.74, 6) is -0.0648. The fraction of sp³-hybridized carbons (Fsp3) is 0.269. The second-order valence-electron chi connectivity index (χ2n) is 7.76. The molecule has 0 radical (unpaired) electrons. The number of aryl methyl sites for hydroxylation is 1. The predicted octanol–water partition coefficient (Wildman–Crippen LogP) is 4.35. The lowest BCUT2D eigenvalue weighted by molar-refractivity contribution is 0.0342. The Kier molecular flexibility index (Phi) is 6.57. The molecule has 1 aliphatic rings. The average molecular weight is 401 g/mol. The van der Waals surface area contributed by atoms with E-state index in [2.05, 4.69) is 53.5 Å². The van der Waals surface area contributed by atoms with E-state index in [1.165, 1.54) is 5.56 Å². The van der Waals surface area contributed by atoms with Gasteiger partial charge in [-0.15, -0.1) is 0 Å². The monoisotopic (exact) mass is 400 g/mol. The number of hydrogen-bond donors (Lipinski definition) is 1. The third-order valence-electron chi connectivity index (χ3n) is 5.63. The quantitative estimate of drug-likeness (QED) is 0.669. The highest BCUT2D eigenvalue weighted by molar-refractivity contribution is 5.94. The first kappa shape index (κ1) is 20.3. The Labute approximate surface area is 178 Å². The van der Waals surface area contributed by atoms with Gasteiger partial charge in [0.1, 0.15) is 0 Å². The molecule has 4 rings (SSSR count). The summed E-state index contributed by atoms with van der Waals surface area (Å²) < 4.78 is 5.41. The van der Waals surface area contributed by atoms with Crippen molar-refractivity contribution in [3.63, 3.8) is 0 Å². The zero-order valence-corrected chi connectivity index (χ0v) is 17.4. The SMILES string of the molecule is Cc1ccccc1[C@H](NC(=O)c1ccc(CN2CCOCC2)cc1)c1ccccc1. The van der Waals surface area contributed by atoms with Crippen LogP contribution in [0.3, 0.4) is 0 Å². The Morgan fingerprint density at radius 1 is 0.933 bits per heavy atom. The zero-order valence-electron chi connectivity index (χ0n) is 17.4. The van der Waals surface area contributed by atoms with E-state index >= 15 is 0 Å². The topological polar surface area (TPSA) is 41.6 Å². The minimum atomic E-state index is -0.187. The number of carbonyl (C=O) groups excluding carboxylic acids is 1. The first-order valence-electron chi connectivity index (χ1n) is 10.5. The Bertz CT molecular complexity index is 964. The van der Waals surface area contributed by atoms with Crippen LogP contribution in [0.4, 0.5) is 0 Å². The number of benzene rings is 3. The lowest BCUT2D eigenvalue weighted by Crippen LogP contribution is -2.35. The standard InChI is InChI=1S/C26H28N2O2/c1-20-7-5-6-10-24(20)25(22-8-3-2-4-9-22)27-26(29)23-13-11-21(12-14-23)19-28-15-17-30-18-16-28/h2-14,25H,15-19H2,1H3,(H,27,29)/t25-/m1/s1. The molecule has 4 nitrogen and oxygen atoms in total. The smallest absolute Gasteiger partial charge is 0.252 e. The molecule has 1 saturated heterocycles. The minimum absolute atomic E-state index is 0.0648. The normalized spacial score (nSPS) is 15.5. The van der Waals surface area contributed by atoms with Crippen LogP contribution in [0.2, 0.25) is 0 Å². The second kappa shape index (κ2) is 9.70. The van der Waals surface area contributed by atoms with E-state index in [4.69, 9.17) is 4.74 Å². The van der Waals surface area contributed by atoms with Crippen molar-refractivity contribution >= 4 is 5.91 Å². The molecule has 0 saturated carbocycles. The fourth-order valence-electron chi connectivity index (χ4n) is 3.89. The van der Waals surface area contributed by atoms with Crippen molar-refractivity contribution in [2.24, 2.45) is 0 Å². The van der Waals surface area contributed by atoms with Gasteiger partial charge in [0.05, 0.1) is 19.3 Å². The molecule has 1 aliphatic heterocycles. The summed E-state index contributed by atoms with van der Waals surface area (Å²) in [7, 11) is 0. The molecule has 0 unspecified atom stereocenters. The van der Waals surface area contributed by atoms with Gasteiger partial charge in [-0.3, -0.25) is 9.69 Å². The summed E-state index contributed by atoms with van der Waals surface area (Å²) in [6.45, 7) is 6.47. The molecule has 0 spiro atoms. The second-order valence-corrected chi connectivity index (χ2v) is 7.76. The first-order chi connectivity index (χ1) is 14.7. The largest absolute Gasteiger partial charge is 0.379 e. The van der Waals surface area contributed by atoms with Crippen molar-refractivity contribution in [1.29, 1.82) is 0 Å². The van der Waals surface area contributed by atoms with Crippen molar-refractivity contribution in [1.82, 2.24) is 10.2 Å². The average Bonchev–Trinajstić information content (AvgIpc) is 2.80. The van der Waals surface area contributed by atoms with Crippen molar-refractivity contribution in [3.05, 3.63) is 107 Å². The maximum Gasteiger partial charge on any atom is 0.252 e. The molecular weight excluding hydrogens is 372 g/mol. The Balaban J connectivity index is 1.50. The Hall–Kier alpha value is -2.95. The summed E-state index contributed by atoms with van der Waals surface area (Å²) >= 11 is 0. The number of morpholine rings is 1.